The van der Waals surface area contributed by atoms with E-state index in [2.05, 4.69) is 4.72 Å². The van der Waals surface area contributed by atoms with Gasteiger partial charge in [-0.3, -0.25) is 0 Å². The molecule has 0 aliphatic heterocycles. The van der Waals surface area contributed by atoms with Crippen LogP contribution in [-0.2, 0) is 16.4 Å². The van der Waals surface area contributed by atoms with Crippen LogP contribution in [0.2, 0.25) is 0 Å². The molecule has 1 aromatic heterocycles. The number of sulfonamides is 1. The highest BCUT2D eigenvalue weighted by Gasteiger charge is 2.14. The third kappa shape index (κ3) is 3.86. The quantitative estimate of drug-likeness (QED) is 0.795. The zero-order valence-electron chi connectivity index (χ0n) is 10.6. The molecule has 2 aromatic rings. The van der Waals surface area contributed by atoms with Crippen molar-refractivity contribution in [2.45, 2.75) is 11.3 Å². The Morgan fingerprint density at radius 3 is 2.80 bits per heavy atom. The number of rotatable bonds is 6. The summed E-state index contributed by atoms with van der Waals surface area (Å²) in [4.78, 5) is 0.355. The van der Waals surface area contributed by atoms with Gasteiger partial charge in [0.05, 0.1) is 4.90 Å². The van der Waals surface area contributed by atoms with Crippen LogP contribution < -0.4 is 10.5 Å². The van der Waals surface area contributed by atoms with Crippen molar-refractivity contribution in [1.82, 2.24) is 4.72 Å². The van der Waals surface area contributed by atoms with E-state index in [1.807, 2.05) is 16.8 Å². The molecule has 1 heterocycles. The van der Waals surface area contributed by atoms with Crippen LogP contribution in [0.25, 0.3) is 0 Å². The summed E-state index contributed by atoms with van der Waals surface area (Å²) in [6.07, 6.45) is 0.664. The normalized spacial score (nSPS) is 11.4. The Hall–Kier alpha value is -1.28. The van der Waals surface area contributed by atoms with Crippen LogP contribution in [0.15, 0.2) is 46.0 Å². The molecule has 0 aliphatic carbocycles. The number of benzene rings is 1. The molecule has 7 heteroatoms. The maximum absolute atomic E-state index is 12.1. The van der Waals surface area contributed by atoms with E-state index in [-0.39, 0.29) is 9.88 Å². The zero-order valence-corrected chi connectivity index (χ0v) is 13.0. The van der Waals surface area contributed by atoms with Crippen molar-refractivity contribution in [2.75, 3.05) is 6.54 Å². The minimum Gasteiger partial charge on any atom is -0.389 e. The van der Waals surface area contributed by atoms with Crippen LogP contribution in [0, 0.1) is 0 Å². The van der Waals surface area contributed by atoms with E-state index >= 15 is 0 Å². The van der Waals surface area contributed by atoms with Gasteiger partial charge in [0.15, 0.2) is 0 Å². The van der Waals surface area contributed by atoms with Gasteiger partial charge in [-0.2, -0.15) is 11.3 Å². The van der Waals surface area contributed by atoms with Crippen molar-refractivity contribution in [1.29, 1.82) is 0 Å². The smallest absolute Gasteiger partial charge is 0.240 e. The van der Waals surface area contributed by atoms with Gasteiger partial charge in [0.1, 0.15) is 4.99 Å². The topological polar surface area (TPSA) is 72.2 Å². The zero-order chi connectivity index (χ0) is 14.6. The van der Waals surface area contributed by atoms with Crippen LogP contribution in [-0.4, -0.2) is 20.0 Å². The Balaban J connectivity index is 2.06. The fraction of sp³-hybridized carbons (Fsp3) is 0.154. The molecule has 20 heavy (non-hydrogen) atoms. The summed E-state index contributed by atoms with van der Waals surface area (Å²) in [5, 5.41) is 3.97. The lowest BCUT2D eigenvalue weighted by Crippen LogP contribution is -2.26. The van der Waals surface area contributed by atoms with Gasteiger partial charge in [0.2, 0.25) is 10.0 Å². The van der Waals surface area contributed by atoms with Crippen LogP contribution >= 0.6 is 23.6 Å². The molecule has 2 rings (SSSR count). The van der Waals surface area contributed by atoms with Gasteiger partial charge in [-0.25, -0.2) is 13.1 Å². The SMILES string of the molecule is NC(=S)c1cccc(S(=O)(=O)NCCc2ccsc2)c1. The highest BCUT2D eigenvalue weighted by atomic mass is 32.2. The Labute approximate surface area is 127 Å². The van der Waals surface area contributed by atoms with Crippen molar-refractivity contribution in [2.24, 2.45) is 5.73 Å². The van der Waals surface area contributed by atoms with Crippen LogP contribution in [0.3, 0.4) is 0 Å². The minimum absolute atomic E-state index is 0.174. The summed E-state index contributed by atoms with van der Waals surface area (Å²) in [5.74, 6) is 0. The van der Waals surface area contributed by atoms with Crippen molar-refractivity contribution in [3.63, 3.8) is 0 Å². The predicted molar refractivity (Wildman–Crippen MR) is 85.5 cm³/mol. The number of nitrogens with two attached hydrogens (primary N) is 1. The van der Waals surface area contributed by atoms with Crippen molar-refractivity contribution in [3.8, 4) is 0 Å². The third-order valence-corrected chi connectivity index (χ3v) is 5.14. The summed E-state index contributed by atoms with van der Waals surface area (Å²) in [6, 6.07) is 8.30. The summed E-state index contributed by atoms with van der Waals surface area (Å²) < 4.78 is 26.9. The van der Waals surface area contributed by atoms with Gasteiger partial charge < -0.3 is 5.73 Å². The van der Waals surface area contributed by atoms with E-state index < -0.39 is 10.0 Å². The molecule has 0 fully saturated rings. The molecular weight excluding hydrogens is 312 g/mol. The first-order chi connectivity index (χ1) is 9.49. The molecule has 0 radical (unpaired) electrons. The maximum atomic E-state index is 12.1. The first-order valence-corrected chi connectivity index (χ1v) is 8.73. The lowest BCUT2D eigenvalue weighted by molar-refractivity contribution is 0.581. The van der Waals surface area contributed by atoms with Gasteiger partial charge in [0.25, 0.3) is 0 Å². The molecule has 4 nitrogen and oxygen atoms in total. The molecule has 106 valence electrons. The van der Waals surface area contributed by atoms with Gasteiger partial charge in [-0.1, -0.05) is 24.4 Å². The Bertz CT molecular complexity index is 694. The molecular formula is C13H14N2O2S3. The fourth-order valence-corrected chi connectivity index (χ4v) is 3.57. The molecule has 0 amide bonds. The minimum atomic E-state index is -3.53. The number of thiocarbonyl (C=S) groups is 1. The lowest BCUT2D eigenvalue weighted by Gasteiger charge is -2.07. The molecule has 0 atom stereocenters. The first kappa shape index (κ1) is 15.1. The monoisotopic (exact) mass is 326 g/mol. The van der Waals surface area contributed by atoms with Gasteiger partial charge >= 0.3 is 0 Å². The largest absolute Gasteiger partial charge is 0.389 e. The standard InChI is InChI=1S/C13H14N2O2S3/c14-13(18)11-2-1-3-12(8-11)20(16,17)15-6-4-10-5-7-19-9-10/h1-3,5,7-9,15H,4,6H2,(H2,14,18). The molecule has 1 aromatic carbocycles. The molecule has 0 spiro atoms. The molecule has 0 saturated carbocycles. The van der Waals surface area contributed by atoms with E-state index in [1.165, 1.54) is 12.1 Å². The van der Waals surface area contributed by atoms with Crippen LogP contribution in [0.5, 0.6) is 0 Å². The van der Waals surface area contributed by atoms with Gasteiger partial charge in [-0.15, -0.1) is 0 Å². The second kappa shape index (κ2) is 6.45. The second-order valence-corrected chi connectivity index (χ2v) is 7.16. The number of hydrogen-bond donors (Lipinski definition) is 2. The van der Waals surface area contributed by atoms with Crippen molar-refractivity contribution < 1.29 is 8.42 Å². The second-order valence-electron chi connectivity index (χ2n) is 4.17. The Morgan fingerprint density at radius 2 is 2.15 bits per heavy atom. The maximum Gasteiger partial charge on any atom is 0.240 e. The highest BCUT2D eigenvalue weighted by molar-refractivity contribution is 7.89. The Kier molecular flexibility index (Phi) is 4.87. The van der Waals surface area contributed by atoms with E-state index in [0.717, 1.165) is 5.56 Å². The van der Waals surface area contributed by atoms with Gasteiger partial charge in [-0.05, 0) is 40.9 Å². The fourth-order valence-electron chi connectivity index (χ4n) is 1.66. The van der Waals surface area contributed by atoms with Crippen molar-refractivity contribution in [3.05, 3.63) is 52.2 Å². The van der Waals surface area contributed by atoms with E-state index in [4.69, 9.17) is 18.0 Å². The Morgan fingerprint density at radius 1 is 1.35 bits per heavy atom. The highest BCUT2D eigenvalue weighted by Crippen LogP contribution is 2.12. The predicted octanol–water partition coefficient (Wildman–Crippen LogP) is 1.90. The summed E-state index contributed by atoms with van der Waals surface area (Å²) in [6.45, 7) is 0.358. The lowest BCUT2D eigenvalue weighted by atomic mass is 10.2. The van der Waals surface area contributed by atoms with Crippen LogP contribution in [0.1, 0.15) is 11.1 Å². The summed E-state index contributed by atoms with van der Waals surface area (Å²) in [7, 11) is -3.53. The average Bonchev–Trinajstić information content (AvgIpc) is 2.92. The summed E-state index contributed by atoms with van der Waals surface area (Å²) >= 11 is 6.44. The van der Waals surface area contributed by atoms with Crippen molar-refractivity contribution >= 4 is 38.6 Å². The van der Waals surface area contributed by atoms with Crippen LogP contribution in [0.4, 0.5) is 0 Å². The molecule has 3 N–H and O–H groups in total. The molecule has 0 unspecified atom stereocenters. The first-order valence-electron chi connectivity index (χ1n) is 5.89. The van der Waals surface area contributed by atoms with E-state index in [9.17, 15) is 8.42 Å². The average molecular weight is 326 g/mol. The van der Waals surface area contributed by atoms with Gasteiger partial charge in [0, 0.05) is 12.1 Å². The summed E-state index contributed by atoms with van der Waals surface area (Å²) in [5.41, 5.74) is 7.17. The number of nitrogens with one attached hydrogen (secondary N) is 1. The van der Waals surface area contributed by atoms with E-state index in [1.54, 1.807) is 23.5 Å². The number of hydrogen-bond acceptors (Lipinski definition) is 4. The third-order valence-electron chi connectivity index (χ3n) is 2.71. The molecule has 0 aliphatic rings. The van der Waals surface area contributed by atoms with E-state index in [0.29, 0.717) is 18.5 Å². The molecule has 0 bridgehead atoms. The molecule has 0 saturated heterocycles. The number of thiophene rings is 1.